The van der Waals surface area contributed by atoms with E-state index in [9.17, 15) is 14.7 Å². The maximum Gasteiger partial charge on any atom is 0.272 e. The van der Waals surface area contributed by atoms with E-state index >= 15 is 0 Å². The second-order valence-electron chi connectivity index (χ2n) is 4.51. The topological polar surface area (TPSA) is 69.4 Å². The van der Waals surface area contributed by atoms with Crippen molar-refractivity contribution < 1.29 is 14.0 Å². The SMILES string of the molecule is CCOP(=O)(CCSCC)CCc1ccccc1[N+](=O)[O-]. The van der Waals surface area contributed by atoms with Gasteiger partial charge in [0.1, 0.15) is 0 Å². The second kappa shape index (κ2) is 9.23. The molecule has 0 saturated carbocycles. The molecular weight excluding hydrogens is 309 g/mol. The summed E-state index contributed by atoms with van der Waals surface area (Å²) in [6.07, 6.45) is 1.29. The summed E-state index contributed by atoms with van der Waals surface area (Å²) in [5, 5.41) is 11.0. The fourth-order valence-electron chi connectivity index (χ4n) is 2.02. The molecule has 0 amide bonds. The lowest BCUT2D eigenvalue weighted by Crippen LogP contribution is -2.06. The van der Waals surface area contributed by atoms with Gasteiger partial charge in [0.15, 0.2) is 0 Å². The molecular formula is C14H22NO4PS. The number of para-hydroxylation sites is 1. The number of nitrogens with zero attached hydrogens (tertiary/aromatic N) is 1. The maximum absolute atomic E-state index is 12.7. The largest absolute Gasteiger partial charge is 0.329 e. The van der Waals surface area contributed by atoms with E-state index in [1.54, 1.807) is 30.0 Å². The van der Waals surface area contributed by atoms with Gasteiger partial charge in [-0.25, -0.2) is 0 Å². The molecule has 0 saturated heterocycles. The molecule has 0 radical (unpaired) electrons. The van der Waals surface area contributed by atoms with E-state index in [0.29, 0.717) is 30.9 Å². The van der Waals surface area contributed by atoms with Crippen molar-refractivity contribution in [1.29, 1.82) is 0 Å². The van der Waals surface area contributed by atoms with Crippen LogP contribution in [-0.4, -0.2) is 35.4 Å². The maximum atomic E-state index is 12.7. The highest BCUT2D eigenvalue weighted by atomic mass is 32.2. The van der Waals surface area contributed by atoms with Crippen LogP contribution in [0.5, 0.6) is 0 Å². The lowest BCUT2D eigenvalue weighted by Gasteiger charge is -2.17. The number of rotatable bonds is 10. The molecule has 0 aliphatic carbocycles. The first-order chi connectivity index (χ1) is 10.0. The van der Waals surface area contributed by atoms with Crippen LogP contribution in [0.3, 0.4) is 0 Å². The Morgan fingerprint density at radius 2 is 2.00 bits per heavy atom. The molecule has 7 heteroatoms. The van der Waals surface area contributed by atoms with Gasteiger partial charge in [0.2, 0.25) is 7.37 Å². The van der Waals surface area contributed by atoms with Crippen LogP contribution in [0.25, 0.3) is 0 Å². The van der Waals surface area contributed by atoms with Gasteiger partial charge in [-0.3, -0.25) is 14.7 Å². The Kier molecular flexibility index (Phi) is 8.01. The summed E-state index contributed by atoms with van der Waals surface area (Å²) in [6, 6.07) is 6.60. The third-order valence-corrected chi connectivity index (χ3v) is 6.80. The zero-order valence-electron chi connectivity index (χ0n) is 12.5. The highest BCUT2D eigenvalue weighted by Gasteiger charge is 2.24. The van der Waals surface area contributed by atoms with Crippen LogP contribution in [0.15, 0.2) is 24.3 Å². The predicted molar refractivity (Wildman–Crippen MR) is 88.8 cm³/mol. The van der Waals surface area contributed by atoms with E-state index < -0.39 is 12.3 Å². The van der Waals surface area contributed by atoms with Gasteiger partial charge in [0, 0.05) is 29.7 Å². The van der Waals surface area contributed by atoms with Crippen molar-refractivity contribution in [2.75, 3.05) is 30.4 Å². The zero-order chi connectivity index (χ0) is 15.7. The Balaban J connectivity index is 2.73. The Hall–Kier alpha value is -0.840. The molecule has 0 aromatic heterocycles. The van der Waals surface area contributed by atoms with Gasteiger partial charge in [0.25, 0.3) is 5.69 Å². The molecule has 5 nitrogen and oxygen atoms in total. The van der Waals surface area contributed by atoms with Crippen LogP contribution >= 0.6 is 19.1 Å². The molecule has 0 heterocycles. The summed E-state index contributed by atoms with van der Waals surface area (Å²) in [4.78, 5) is 10.6. The molecule has 1 unspecified atom stereocenters. The molecule has 1 rings (SSSR count). The minimum Gasteiger partial charge on any atom is -0.329 e. The van der Waals surface area contributed by atoms with Crippen molar-refractivity contribution in [3.63, 3.8) is 0 Å². The quantitative estimate of drug-likeness (QED) is 0.278. The average molecular weight is 331 g/mol. The minimum absolute atomic E-state index is 0.0866. The van der Waals surface area contributed by atoms with Gasteiger partial charge in [-0.05, 0) is 19.1 Å². The van der Waals surface area contributed by atoms with Crippen molar-refractivity contribution in [3.05, 3.63) is 39.9 Å². The third kappa shape index (κ3) is 6.20. The predicted octanol–water partition coefficient (Wildman–Crippen LogP) is 4.21. The monoisotopic (exact) mass is 331 g/mol. The first-order valence-electron chi connectivity index (χ1n) is 7.05. The van der Waals surface area contributed by atoms with E-state index in [0.717, 1.165) is 11.5 Å². The summed E-state index contributed by atoms with van der Waals surface area (Å²) < 4.78 is 18.2. The van der Waals surface area contributed by atoms with E-state index in [-0.39, 0.29) is 5.69 Å². The molecule has 0 spiro atoms. The van der Waals surface area contributed by atoms with Gasteiger partial charge in [-0.1, -0.05) is 25.1 Å². The van der Waals surface area contributed by atoms with Gasteiger partial charge < -0.3 is 4.52 Å². The van der Waals surface area contributed by atoms with Crippen LogP contribution < -0.4 is 0 Å². The number of hydrogen-bond donors (Lipinski definition) is 0. The number of benzene rings is 1. The van der Waals surface area contributed by atoms with E-state index in [1.807, 2.05) is 6.92 Å². The third-order valence-electron chi connectivity index (χ3n) is 3.05. The fraction of sp³-hybridized carbons (Fsp3) is 0.571. The van der Waals surface area contributed by atoms with Crippen LogP contribution in [-0.2, 0) is 15.5 Å². The molecule has 118 valence electrons. The van der Waals surface area contributed by atoms with Gasteiger partial charge >= 0.3 is 0 Å². The molecule has 1 aromatic carbocycles. The Morgan fingerprint density at radius 1 is 1.29 bits per heavy atom. The number of aryl methyl sites for hydroxylation is 1. The Bertz CT molecular complexity index is 510. The lowest BCUT2D eigenvalue weighted by atomic mass is 10.1. The van der Waals surface area contributed by atoms with Crippen LogP contribution in [0.2, 0.25) is 0 Å². The number of thioether (sulfide) groups is 1. The first kappa shape index (κ1) is 18.2. The van der Waals surface area contributed by atoms with Crippen LogP contribution in [0.4, 0.5) is 5.69 Å². The van der Waals surface area contributed by atoms with Gasteiger partial charge in [-0.2, -0.15) is 11.8 Å². The summed E-state index contributed by atoms with van der Waals surface area (Å²) in [5.41, 5.74) is 0.703. The summed E-state index contributed by atoms with van der Waals surface area (Å²) >= 11 is 1.73. The molecule has 1 aromatic rings. The second-order valence-corrected chi connectivity index (χ2v) is 8.69. The summed E-state index contributed by atoms with van der Waals surface area (Å²) in [7, 11) is -2.71. The number of nitro benzene ring substituents is 1. The molecule has 0 fully saturated rings. The smallest absolute Gasteiger partial charge is 0.272 e. The summed E-state index contributed by atoms with van der Waals surface area (Å²) in [5.74, 6) is 1.78. The fourth-order valence-corrected chi connectivity index (χ4v) is 5.47. The van der Waals surface area contributed by atoms with Crippen molar-refractivity contribution in [2.24, 2.45) is 0 Å². The zero-order valence-corrected chi connectivity index (χ0v) is 14.2. The first-order valence-corrected chi connectivity index (χ1v) is 10.2. The van der Waals surface area contributed by atoms with Crippen molar-refractivity contribution >= 4 is 24.8 Å². The normalized spacial score (nSPS) is 13.8. The van der Waals surface area contributed by atoms with E-state index in [4.69, 9.17) is 4.52 Å². The van der Waals surface area contributed by atoms with E-state index in [2.05, 4.69) is 6.92 Å². The molecule has 0 N–H and O–H groups in total. The highest BCUT2D eigenvalue weighted by Crippen LogP contribution is 2.47. The Morgan fingerprint density at radius 3 is 2.62 bits per heavy atom. The van der Waals surface area contributed by atoms with Crippen LogP contribution in [0.1, 0.15) is 19.4 Å². The summed E-state index contributed by atoms with van der Waals surface area (Å²) in [6.45, 7) is 4.29. The molecule has 1 atom stereocenters. The molecule has 21 heavy (non-hydrogen) atoms. The van der Waals surface area contributed by atoms with Crippen molar-refractivity contribution in [3.8, 4) is 0 Å². The number of nitro groups is 1. The van der Waals surface area contributed by atoms with Gasteiger partial charge in [0.05, 0.1) is 11.5 Å². The van der Waals surface area contributed by atoms with E-state index in [1.165, 1.54) is 6.07 Å². The van der Waals surface area contributed by atoms with Crippen molar-refractivity contribution in [1.82, 2.24) is 0 Å². The molecule has 0 aliphatic heterocycles. The van der Waals surface area contributed by atoms with Crippen LogP contribution in [0, 0.1) is 10.1 Å². The van der Waals surface area contributed by atoms with Crippen molar-refractivity contribution in [2.45, 2.75) is 20.3 Å². The lowest BCUT2D eigenvalue weighted by molar-refractivity contribution is -0.385. The Labute approximate surface area is 130 Å². The van der Waals surface area contributed by atoms with Gasteiger partial charge in [-0.15, -0.1) is 0 Å². The molecule has 0 bridgehead atoms. The standard InChI is InChI=1S/C14H22NO4PS/c1-3-19-20(18,11-12-21-4-2)10-9-13-7-5-6-8-14(13)15(16)17/h5-8H,3-4,9-12H2,1-2H3. The minimum atomic E-state index is -2.71. The highest BCUT2D eigenvalue weighted by molar-refractivity contribution is 7.99. The average Bonchev–Trinajstić information content (AvgIpc) is 2.46. The number of hydrogen-bond acceptors (Lipinski definition) is 5. The molecule has 0 aliphatic rings.